The molecule has 2 heterocycles. The zero-order valence-corrected chi connectivity index (χ0v) is 15.3. The topological polar surface area (TPSA) is 49.6 Å². The number of amides is 2. The van der Waals surface area contributed by atoms with Crippen LogP contribution in [-0.4, -0.2) is 59.3 Å². The molecule has 0 aliphatic carbocycles. The molecule has 4 atom stereocenters. The third kappa shape index (κ3) is 4.43. The Morgan fingerprint density at radius 3 is 2.52 bits per heavy atom. The maximum Gasteiger partial charge on any atom is 0.416 e. The van der Waals surface area contributed by atoms with Gasteiger partial charge in [-0.05, 0) is 17.9 Å². The second-order valence-electron chi connectivity index (χ2n) is 7.45. The smallest absolute Gasteiger partial charge is 0.416 e. The molecule has 5 nitrogen and oxygen atoms in total. The molecule has 2 aliphatic rings. The summed E-state index contributed by atoms with van der Waals surface area (Å²) in [5.41, 5.74) is 0.959. The number of cyclic esters (lactones) is 1. The van der Waals surface area contributed by atoms with E-state index < -0.39 is 36.7 Å². The summed E-state index contributed by atoms with van der Waals surface area (Å²) in [6, 6.07) is 6.63. The molecule has 0 saturated carbocycles. The molecule has 0 bridgehead atoms. The van der Waals surface area contributed by atoms with Gasteiger partial charge in [-0.15, -0.1) is 0 Å². The predicted molar refractivity (Wildman–Crippen MR) is 91.9 cm³/mol. The molecule has 0 spiro atoms. The van der Waals surface area contributed by atoms with Crippen LogP contribution in [0, 0.1) is 5.92 Å². The number of imide groups is 1. The summed E-state index contributed by atoms with van der Waals surface area (Å²) in [6.07, 6.45) is -5.67. The van der Waals surface area contributed by atoms with Crippen molar-refractivity contribution in [1.82, 2.24) is 9.80 Å². The van der Waals surface area contributed by atoms with Crippen molar-refractivity contribution in [2.45, 2.75) is 51.0 Å². The molecule has 1 aromatic rings. The number of rotatable bonds is 6. The number of alkyl halides is 3. The Morgan fingerprint density at radius 1 is 1.26 bits per heavy atom. The third-order valence-electron chi connectivity index (χ3n) is 5.16. The first-order valence-corrected chi connectivity index (χ1v) is 9.03. The molecule has 2 amide bonds. The van der Waals surface area contributed by atoms with Crippen LogP contribution in [0.3, 0.4) is 0 Å². The molecule has 2 aliphatic heterocycles. The Hall–Kier alpha value is -2.09. The first-order chi connectivity index (χ1) is 12.7. The minimum absolute atomic E-state index is 0.0271. The quantitative estimate of drug-likeness (QED) is 0.707. The lowest BCUT2D eigenvalue weighted by Gasteiger charge is -2.27. The summed E-state index contributed by atoms with van der Waals surface area (Å²) in [5.74, 6) is -0.916. The number of nitrogens with zero attached hydrogens (tertiary/aromatic N) is 2. The van der Waals surface area contributed by atoms with Crippen molar-refractivity contribution in [2.24, 2.45) is 5.92 Å². The van der Waals surface area contributed by atoms with Gasteiger partial charge in [0.05, 0.1) is 12.5 Å². The largest absolute Gasteiger partial charge is 0.447 e. The minimum Gasteiger partial charge on any atom is -0.447 e. The highest BCUT2D eigenvalue weighted by molar-refractivity contribution is 5.93. The molecular formula is C19H23F3N2O3. The van der Waals surface area contributed by atoms with Crippen molar-refractivity contribution in [3.63, 3.8) is 0 Å². The summed E-state index contributed by atoms with van der Waals surface area (Å²) in [6.45, 7) is 3.91. The van der Waals surface area contributed by atoms with Crippen molar-refractivity contribution in [3.05, 3.63) is 35.9 Å². The van der Waals surface area contributed by atoms with E-state index in [1.807, 2.05) is 30.3 Å². The van der Waals surface area contributed by atoms with Gasteiger partial charge in [-0.2, -0.15) is 13.2 Å². The number of carbonyl (C=O) groups is 2. The third-order valence-corrected chi connectivity index (χ3v) is 5.16. The van der Waals surface area contributed by atoms with Gasteiger partial charge < -0.3 is 4.74 Å². The molecule has 8 heteroatoms. The van der Waals surface area contributed by atoms with Crippen LogP contribution in [0.4, 0.5) is 18.0 Å². The van der Waals surface area contributed by atoms with E-state index in [1.165, 1.54) is 4.90 Å². The summed E-state index contributed by atoms with van der Waals surface area (Å²) >= 11 is 0. The van der Waals surface area contributed by atoms with Crippen LogP contribution in [0.1, 0.15) is 25.8 Å². The van der Waals surface area contributed by atoms with Gasteiger partial charge in [-0.3, -0.25) is 9.69 Å². The zero-order chi connectivity index (χ0) is 19.8. The second-order valence-corrected chi connectivity index (χ2v) is 7.45. The van der Waals surface area contributed by atoms with Gasteiger partial charge in [0.1, 0.15) is 12.6 Å². The van der Waals surface area contributed by atoms with E-state index in [-0.39, 0.29) is 25.1 Å². The highest BCUT2D eigenvalue weighted by Crippen LogP contribution is 2.37. The monoisotopic (exact) mass is 384 g/mol. The fourth-order valence-electron chi connectivity index (χ4n) is 3.54. The van der Waals surface area contributed by atoms with E-state index in [1.54, 1.807) is 13.8 Å². The molecule has 0 aromatic heterocycles. The Kier molecular flexibility index (Phi) is 5.46. The lowest BCUT2D eigenvalue weighted by molar-refractivity contribution is -0.176. The van der Waals surface area contributed by atoms with Crippen molar-refractivity contribution < 1.29 is 27.5 Å². The molecule has 0 N–H and O–H groups in total. The molecular weight excluding hydrogens is 361 g/mol. The predicted octanol–water partition coefficient (Wildman–Crippen LogP) is 3.24. The van der Waals surface area contributed by atoms with E-state index >= 15 is 0 Å². The molecule has 2 fully saturated rings. The number of hydrogen-bond acceptors (Lipinski definition) is 4. The van der Waals surface area contributed by atoms with E-state index in [4.69, 9.17) is 4.74 Å². The van der Waals surface area contributed by atoms with Gasteiger partial charge in [0.25, 0.3) is 0 Å². The Bertz CT molecular complexity index is 693. The van der Waals surface area contributed by atoms with Crippen LogP contribution >= 0.6 is 0 Å². The maximum atomic E-state index is 13.6. The van der Waals surface area contributed by atoms with Crippen LogP contribution in [-0.2, 0) is 16.0 Å². The number of carbonyl (C=O) groups excluding carboxylic acids is 2. The fourth-order valence-corrected chi connectivity index (χ4v) is 3.54. The van der Waals surface area contributed by atoms with Crippen LogP contribution < -0.4 is 0 Å². The first kappa shape index (κ1) is 19.7. The molecule has 2 saturated heterocycles. The first-order valence-electron chi connectivity index (χ1n) is 9.03. The van der Waals surface area contributed by atoms with E-state index in [0.717, 1.165) is 10.5 Å². The van der Waals surface area contributed by atoms with E-state index in [0.29, 0.717) is 6.42 Å². The summed E-state index contributed by atoms with van der Waals surface area (Å²) < 4.78 is 45.7. The molecule has 1 unspecified atom stereocenters. The second kappa shape index (κ2) is 7.50. The Balaban J connectivity index is 1.68. The number of benzene rings is 1. The highest BCUT2D eigenvalue weighted by atomic mass is 19.4. The molecule has 148 valence electrons. The van der Waals surface area contributed by atoms with Crippen molar-refractivity contribution in [2.75, 3.05) is 13.2 Å². The van der Waals surface area contributed by atoms with E-state index in [9.17, 15) is 22.8 Å². The maximum absolute atomic E-state index is 13.6. The molecule has 3 rings (SSSR count). The normalized spacial score (nSPS) is 26.2. The fraction of sp³-hybridized carbons (Fsp3) is 0.579. The van der Waals surface area contributed by atoms with Crippen molar-refractivity contribution in [1.29, 1.82) is 0 Å². The molecule has 1 aromatic carbocycles. The van der Waals surface area contributed by atoms with Crippen LogP contribution in [0.2, 0.25) is 0 Å². The van der Waals surface area contributed by atoms with Gasteiger partial charge >= 0.3 is 12.3 Å². The summed E-state index contributed by atoms with van der Waals surface area (Å²) in [7, 11) is 0. The van der Waals surface area contributed by atoms with Gasteiger partial charge in [0.2, 0.25) is 5.91 Å². The Morgan fingerprint density at radius 2 is 1.93 bits per heavy atom. The standard InChI is InChI=1S/C19H23F3N2O3/c1-12(2)15-11-27-18(26)24(15)17(25)9-16(19(20,21)22)23-10-14(23)8-13-6-4-3-5-7-13/h3-7,12,14-16H,8-11H2,1-2H3/t14-,15+,16+,23?/m0/s1. The van der Waals surface area contributed by atoms with Crippen LogP contribution in [0.25, 0.3) is 0 Å². The Labute approximate surface area is 156 Å². The van der Waals surface area contributed by atoms with Crippen LogP contribution in [0.5, 0.6) is 0 Å². The number of ether oxygens (including phenoxy) is 1. The van der Waals surface area contributed by atoms with Gasteiger partial charge in [0, 0.05) is 12.6 Å². The molecule has 27 heavy (non-hydrogen) atoms. The average molecular weight is 384 g/mol. The zero-order valence-electron chi connectivity index (χ0n) is 15.3. The van der Waals surface area contributed by atoms with Gasteiger partial charge in [-0.1, -0.05) is 44.2 Å². The van der Waals surface area contributed by atoms with Gasteiger partial charge in [0.15, 0.2) is 0 Å². The van der Waals surface area contributed by atoms with E-state index in [2.05, 4.69) is 0 Å². The minimum atomic E-state index is -4.54. The van der Waals surface area contributed by atoms with Crippen molar-refractivity contribution in [3.8, 4) is 0 Å². The lowest BCUT2D eigenvalue weighted by atomic mass is 10.0. The summed E-state index contributed by atoms with van der Waals surface area (Å²) in [4.78, 5) is 26.5. The SMILES string of the molecule is CC(C)[C@H]1COC(=O)N1C(=O)C[C@@H](N1C[C@@H]1Cc1ccccc1)C(F)(F)F. The number of hydrogen-bond donors (Lipinski definition) is 0. The summed E-state index contributed by atoms with van der Waals surface area (Å²) in [5, 5.41) is 0. The number of halogens is 3. The lowest BCUT2D eigenvalue weighted by Crippen LogP contribution is -2.47. The molecule has 0 radical (unpaired) electrons. The highest BCUT2D eigenvalue weighted by Gasteiger charge is 2.54. The van der Waals surface area contributed by atoms with Gasteiger partial charge in [-0.25, -0.2) is 9.69 Å². The van der Waals surface area contributed by atoms with Crippen LogP contribution in [0.15, 0.2) is 30.3 Å². The average Bonchev–Trinajstić information content (AvgIpc) is 3.21. The van der Waals surface area contributed by atoms with Crippen molar-refractivity contribution >= 4 is 12.0 Å².